The molecule has 1 aromatic carbocycles. The topological polar surface area (TPSA) is 9.23 Å². The maximum absolute atomic E-state index is 12.4. The van der Waals surface area contributed by atoms with E-state index in [1.165, 1.54) is 0 Å². The fraction of sp³-hybridized carbons (Fsp3) is 0.500. The zero-order valence-corrected chi connectivity index (χ0v) is 10.6. The number of halogens is 4. The van der Waals surface area contributed by atoms with Gasteiger partial charge < -0.3 is 4.74 Å². The summed E-state index contributed by atoms with van der Waals surface area (Å²) in [5.41, 5.74) is 0.318. The highest BCUT2D eigenvalue weighted by atomic mass is 79.9. The van der Waals surface area contributed by atoms with Crippen molar-refractivity contribution in [2.24, 2.45) is 0 Å². The molecule has 1 heterocycles. The molecule has 1 aliphatic heterocycles. The summed E-state index contributed by atoms with van der Waals surface area (Å²) in [5.74, 6) is 0.208. The van der Waals surface area contributed by atoms with Gasteiger partial charge in [0.15, 0.2) is 0 Å². The van der Waals surface area contributed by atoms with E-state index in [2.05, 4.69) is 15.9 Å². The Morgan fingerprint density at radius 1 is 1.24 bits per heavy atom. The molecule has 5 heteroatoms. The summed E-state index contributed by atoms with van der Waals surface area (Å²) in [6.45, 7) is 0.585. The second-order valence-electron chi connectivity index (χ2n) is 4.16. The Labute approximate surface area is 106 Å². The average Bonchev–Trinajstić information content (AvgIpc) is 2.76. The summed E-state index contributed by atoms with van der Waals surface area (Å²) in [4.78, 5) is 0. The van der Waals surface area contributed by atoms with Crippen molar-refractivity contribution in [1.82, 2.24) is 0 Å². The van der Waals surface area contributed by atoms with Gasteiger partial charge in [0.05, 0.1) is 18.3 Å². The molecule has 94 valence electrons. The number of ether oxygens (including phenoxy) is 1. The Morgan fingerprint density at radius 2 is 1.88 bits per heavy atom. The Balaban J connectivity index is 2.09. The van der Waals surface area contributed by atoms with E-state index in [4.69, 9.17) is 4.74 Å². The molecule has 1 aromatic rings. The first-order valence-electron chi connectivity index (χ1n) is 5.35. The molecule has 0 unspecified atom stereocenters. The largest absolute Gasteiger partial charge is 0.416 e. The molecule has 0 radical (unpaired) electrons. The maximum atomic E-state index is 12.4. The SMILES string of the molecule is FC(F)(F)c1ccc([C@@H]2CO[C@H](CBr)C2)cc1. The maximum Gasteiger partial charge on any atom is 0.416 e. The van der Waals surface area contributed by atoms with Gasteiger partial charge in [-0.3, -0.25) is 0 Å². The van der Waals surface area contributed by atoms with E-state index < -0.39 is 11.7 Å². The summed E-state index contributed by atoms with van der Waals surface area (Å²) >= 11 is 3.34. The summed E-state index contributed by atoms with van der Waals surface area (Å²) in [5, 5.41) is 0.768. The first-order valence-corrected chi connectivity index (χ1v) is 6.47. The van der Waals surface area contributed by atoms with Crippen LogP contribution in [-0.2, 0) is 10.9 Å². The molecule has 1 fully saturated rings. The summed E-state index contributed by atoms with van der Waals surface area (Å²) in [7, 11) is 0. The molecule has 2 atom stereocenters. The quantitative estimate of drug-likeness (QED) is 0.751. The minimum Gasteiger partial charge on any atom is -0.377 e. The molecule has 0 saturated carbocycles. The average molecular weight is 309 g/mol. The lowest BCUT2D eigenvalue weighted by molar-refractivity contribution is -0.137. The Bertz CT molecular complexity index is 374. The molecule has 0 spiro atoms. The van der Waals surface area contributed by atoms with E-state index >= 15 is 0 Å². The van der Waals surface area contributed by atoms with Gasteiger partial charge in [0.1, 0.15) is 0 Å². The van der Waals surface area contributed by atoms with Crippen LogP contribution in [0.2, 0.25) is 0 Å². The van der Waals surface area contributed by atoms with Gasteiger partial charge in [0.2, 0.25) is 0 Å². The van der Waals surface area contributed by atoms with Gasteiger partial charge in [-0.05, 0) is 24.1 Å². The fourth-order valence-electron chi connectivity index (χ4n) is 1.99. The fourth-order valence-corrected chi connectivity index (χ4v) is 2.44. The predicted molar refractivity (Wildman–Crippen MR) is 62.3 cm³/mol. The van der Waals surface area contributed by atoms with Crippen molar-refractivity contribution >= 4 is 15.9 Å². The summed E-state index contributed by atoms with van der Waals surface area (Å²) < 4.78 is 42.6. The lowest BCUT2D eigenvalue weighted by atomic mass is 9.96. The van der Waals surface area contributed by atoms with E-state index in [0.29, 0.717) is 6.61 Å². The van der Waals surface area contributed by atoms with Crippen LogP contribution in [-0.4, -0.2) is 18.0 Å². The van der Waals surface area contributed by atoms with Gasteiger partial charge in [-0.15, -0.1) is 0 Å². The predicted octanol–water partition coefficient (Wildman–Crippen LogP) is 3.97. The number of rotatable bonds is 2. The van der Waals surface area contributed by atoms with Crippen molar-refractivity contribution < 1.29 is 17.9 Å². The third kappa shape index (κ3) is 3.01. The van der Waals surface area contributed by atoms with Gasteiger partial charge in [0, 0.05) is 11.2 Å². The monoisotopic (exact) mass is 308 g/mol. The van der Waals surface area contributed by atoms with Gasteiger partial charge in [-0.25, -0.2) is 0 Å². The smallest absolute Gasteiger partial charge is 0.377 e. The molecule has 0 bridgehead atoms. The molecule has 0 aromatic heterocycles. The van der Waals surface area contributed by atoms with Crippen LogP contribution in [0.15, 0.2) is 24.3 Å². The molecule has 0 aliphatic carbocycles. The molecule has 1 saturated heterocycles. The van der Waals surface area contributed by atoms with Crippen LogP contribution in [0.3, 0.4) is 0 Å². The van der Waals surface area contributed by atoms with E-state index in [0.717, 1.165) is 29.4 Å². The second-order valence-corrected chi connectivity index (χ2v) is 4.81. The molecule has 17 heavy (non-hydrogen) atoms. The van der Waals surface area contributed by atoms with Crippen molar-refractivity contribution in [2.45, 2.75) is 24.6 Å². The summed E-state index contributed by atoms with van der Waals surface area (Å²) in [6.07, 6.45) is -3.23. The van der Waals surface area contributed by atoms with E-state index in [1.807, 2.05) is 0 Å². The van der Waals surface area contributed by atoms with E-state index in [-0.39, 0.29) is 12.0 Å². The number of hydrogen-bond donors (Lipinski definition) is 0. The third-order valence-corrected chi connectivity index (χ3v) is 3.68. The van der Waals surface area contributed by atoms with Crippen molar-refractivity contribution in [3.05, 3.63) is 35.4 Å². The lowest BCUT2D eigenvalue weighted by Crippen LogP contribution is -2.06. The van der Waals surface area contributed by atoms with Crippen molar-refractivity contribution in [3.8, 4) is 0 Å². The highest BCUT2D eigenvalue weighted by Crippen LogP contribution is 2.33. The number of hydrogen-bond acceptors (Lipinski definition) is 1. The minimum absolute atomic E-state index is 0.169. The Kier molecular flexibility index (Phi) is 3.78. The van der Waals surface area contributed by atoms with Crippen LogP contribution < -0.4 is 0 Å². The highest BCUT2D eigenvalue weighted by Gasteiger charge is 2.31. The van der Waals surface area contributed by atoms with E-state index in [9.17, 15) is 13.2 Å². The second kappa shape index (κ2) is 4.98. The molecule has 0 amide bonds. The zero-order valence-electron chi connectivity index (χ0n) is 9.01. The van der Waals surface area contributed by atoms with Gasteiger partial charge in [-0.2, -0.15) is 13.2 Å². The molecule has 0 N–H and O–H groups in total. The molecule has 1 nitrogen and oxygen atoms in total. The van der Waals surface area contributed by atoms with Gasteiger partial charge >= 0.3 is 6.18 Å². The van der Waals surface area contributed by atoms with Gasteiger partial charge in [-0.1, -0.05) is 28.1 Å². The van der Waals surface area contributed by atoms with Crippen LogP contribution in [0.4, 0.5) is 13.2 Å². The standard InChI is InChI=1S/C12H12BrF3O/c13-6-11-5-9(7-17-11)8-1-3-10(4-2-8)12(14,15)16/h1-4,9,11H,5-7H2/t9-,11-/m0/s1. The molecule has 1 aliphatic rings. The normalized spacial score (nSPS) is 25.2. The highest BCUT2D eigenvalue weighted by molar-refractivity contribution is 9.09. The lowest BCUT2D eigenvalue weighted by Gasteiger charge is -2.11. The van der Waals surface area contributed by atoms with Crippen LogP contribution >= 0.6 is 15.9 Å². The van der Waals surface area contributed by atoms with Crippen LogP contribution in [0.25, 0.3) is 0 Å². The molecular formula is C12H12BrF3O. The Morgan fingerprint density at radius 3 is 2.35 bits per heavy atom. The summed E-state index contributed by atoms with van der Waals surface area (Å²) in [6, 6.07) is 5.37. The van der Waals surface area contributed by atoms with Crippen molar-refractivity contribution in [2.75, 3.05) is 11.9 Å². The Hall–Kier alpha value is -0.550. The van der Waals surface area contributed by atoms with Crippen molar-refractivity contribution in [3.63, 3.8) is 0 Å². The minimum atomic E-state index is -4.26. The molecule has 2 rings (SSSR count). The molecular weight excluding hydrogens is 297 g/mol. The van der Waals surface area contributed by atoms with Crippen LogP contribution in [0, 0.1) is 0 Å². The third-order valence-electron chi connectivity index (χ3n) is 2.96. The van der Waals surface area contributed by atoms with E-state index in [1.54, 1.807) is 12.1 Å². The first-order chi connectivity index (χ1) is 8.00. The van der Waals surface area contributed by atoms with Gasteiger partial charge in [0.25, 0.3) is 0 Å². The van der Waals surface area contributed by atoms with Crippen LogP contribution in [0.5, 0.6) is 0 Å². The number of alkyl halides is 4. The van der Waals surface area contributed by atoms with Crippen LogP contribution in [0.1, 0.15) is 23.5 Å². The number of benzene rings is 1. The zero-order chi connectivity index (χ0) is 12.5. The first kappa shape index (κ1) is 12.9. The van der Waals surface area contributed by atoms with Crippen molar-refractivity contribution in [1.29, 1.82) is 0 Å².